The van der Waals surface area contributed by atoms with Crippen LogP contribution in [0.25, 0.3) is 10.8 Å². The normalized spacial score (nSPS) is 13.9. The van der Waals surface area contributed by atoms with Gasteiger partial charge >= 0.3 is 0 Å². The molecule has 3 aromatic rings. The first kappa shape index (κ1) is 22.0. The SMILES string of the molecule is CCCOc1ccc(NC(=O)CN2c3cccc4cccc(c34)S2(=O)=O)cc1OCCC. The highest BCUT2D eigenvalue weighted by atomic mass is 32.2. The molecule has 0 saturated carbocycles. The Morgan fingerprint density at radius 2 is 1.62 bits per heavy atom. The monoisotopic (exact) mass is 454 g/mol. The summed E-state index contributed by atoms with van der Waals surface area (Å²) in [5.41, 5.74) is 1.03. The number of anilines is 2. The number of benzene rings is 3. The average molecular weight is 455 g/mol. The molecule has 0 saturated heterocycles. The molecule has 0 aliphatic carbocycles. The molecule has 8 heteroatoms. The Morgan fingerprint density at radius 1 is 0.938 bits per heavy atom. The number of ether oxygens (including phenoxy) is 2. The zero-order valence-corrected chi connectivity index (χ0v) is 18.9. The number of sulfonamides is 1. The first-order chi connectivity index (χ1) is 15.5. The molecule has 7 nitrogen and oxygen atoms in total. The van der Waals surface area contributed by atoms with Gasteiger partial charge in [0.05, 0.1) is 23.8 Å². The standard InChI is InChI=1S/C24H26N2O5S/c1-3-13-30-20-12-11-18(15-21(20)31-14-4-2)25-23(27)16-26-19-9-5-7-17-8-6-10-22(24(17)19)32(26,28)29/h5-12,15H,3-4,13-14,16H2,1-2H3,(H,25,27). The zero-order valence-electron chi connectivity index (χ0n) is 18.1. The van der Waals surface area contributed by atoms with Gasteiger partial charge in [0.2, 0.25) is 5.91 Å². The summed E-state index contributed by atoms with van der Waals surface area (Å²) in [6, 6.07) is 15.7. The van der Waals surface area contributed by atoms with Crippen LogP contribution in [0.3, 0.4) is 0 Å². The van der Waals surface area contributed by atoms with Gasteiger partial charge in [-0.2, -0.15) is 0 Å². The molecule has 1 N–H and O–H groups in total. The van der Waals surface area contributed by atoms with Crippen molar-refractivity contribution in [2.75, 3.05) is 29.4 Å². The van der Waals surface area contributed by atoms with Crippen molar-refractivity contribution in [3.63, 3.8) is 0 Å². The van der Waals surface area contributed by atoms with Crippen LogP contribution in [-0.4, -0.2) is 34.1 Å². The first-order valence-corrected chi connectivity index (χ1v) is 12.1. The highest BCUT2D eigenvalue weighted by Gasteiger charge is 2.36. The van der Waals surface area contributed by atoms with Crippen LogP contribution in [0.4, 0.5) is 11.4 Å². The number of nitrogens with zero attached hydrogens (tertiary/aromatic N) is 1. The molecular formula is C24H26N2O5S. The lowest BCUT2D eigenvalue weighted by Crippen LogP contribution is -2.35. The predicted octanol–water partition coefficient (Wildman–Crippen LogP) is 4.56. The molecule has 0 bridgehead atoms. The van der Waals surface area contributed by atoms with Gasteiger partial charge in [-0.1, -0.05) is 38.1 Å². The fraction of sp³-hybridized carbons (Fsp3) is 0.292. The molecule has 4 rings (SSSR count). The molecule has 32 heavy (non-hydrogen) atoms. The summed E-state index contributed by atoms with van der Waals surface area (Å²) >= 11 is 0. The highest BCUT2D eigenvalue weighted by Crippen LogP contribution is 2.41. The number of rotatable bonds is 9. The second kappa shape index (κ2) is 9.08. The van der Waals surface area contributed by atoms with Gasteiger partial charge in [-0.05, 0) is 42.5 Å². The number of nitrogens with one attached hydrogen (secondary N) is 1. The lowest BCUT2D eigenvalue weighted by atomic mass is 10.1. The third-order valence-electron chi connectivity index (χ3n) is 5.12. The number of amides is 1. The lowest BCUT2D eigenvalue weighted by molar-refractivity contribution is -0.114. The Balaban J connectivity index is 1.55. The number of carbonyl (C=O) groups is 1. The molecule has 1 aliphatic heterocycles. The molecule has 3 aromatic carbocycles. The minimum absolute atomic E-state index is 0.228. The average Bonchev–Trinajstić information content (AvgIpc) is 3.00. The third-order valence-corrected chi connectivity index (χ3v) is 6.92. The van der Waals surface area contributed by atoms with Crippen LogP contribution in [0, 0.1) is 0 Å². The smallest absolute Gasteiger partial charge is 0.265 e. The van der Waals surface area contributed by atoms with E-state index in [1.807, 2.05) is 26.0 Å². The maximum atomic E-state index is 13.1. The summed E-state index contributed by atoms with van der Waals surface area (Å²) in [6.07, 6.45) is 1.70. The Morgan fingerprint density at radius 3 is 2.34 bits per heavy atom. The summed E-state index contributed by atoms with van der Waals surface area (Å²) in [4.78, 5) is 13.0. The van der Waals surface area contributed by atoms with E-state index in [2.05, 4.69) is 5.32 Å². The van der Waals surface area contributed by atoms with E-state index in [0.717, 1.165) is 22.5 Å². The molecule has 0 spiro atoms. The van der Waals surface area contributed by atoms with Gasteiger partial charge in [0.15, 0.2) is 11.5 Å². The summed E-state index contributed by atoms with van der Waals surface area (Å²) in [7, 11) is -3.80. The van der Waals surface area contributed by atoms with Gasteiger partial charge < -0.3 is 14.8 Å². The van der Waals surface area contributed by atoms with Crippen molar-refractivity contribution in [1.82, 2.24) is 0 Å². The maximum Gasteiger partial charge on any atom is 0.265 e. The van der Waals surface area contributed by atoms with Crippen molar-refractivity contribution in [3.05, 3.63) is 54.6 Å². The molecule has 0 atom stereocenters. The van der Waals surface area contributed by atoms with Crippen molar-refractivity contribution >= 4 is 38.1 Å². The maximum absolute atomic E-state index is 13.1. The molecule has 1 aliphatic rings. The predicted molar refractivity (Wildman–Crippen MR) is 125 cm³/mol. The van der Waals surface area contributed by atoms with Crippen LogP contribution in [0.2, 0.25) is 0 Å². The minimum Gasteiger partial charge on any atom is -0.490 e. The van der Waals surface area contributed by atoms with Crippen LogP contribution in [-0.2, 0) is 14.8 Å². The van der Waals surface area contributed by atoms with E-state index < -0.39 is 15.9 Å². The van der Waals surface area contributed by atoms with Crippen LogP contribution in [0.5, 0.6) is 11.5 Å². The van der Waals surface area contributed by atoms with E-state index >= 15 is 0 Å². The van der Waals surface area contributed by atoms with E-state index in [0.29, 0.717) is 41.5 Å². The van der Waals surface area contributed by atoms with Crippen LogP contribution < -0.4 is 19.1 Å². The van der Waals surface area contributed by atoms with Crippen molar-refractivity contribution in [3.8, 4) is 11.5 Å². The lowest BCUT2D eigenvalue weighted by Gasteiger charge is -2.19. The van der Waals surface area contributed by atoms with E-state index in [-0.39, 0.29) is 11.4 Å². The molecular weight excluding hydrogens is 428 g/mol. The Labute approximate surface area is 188 Å². The van der Waals surface area contributed by atoms with Crippen LogP contribution in [0.1, 0.15) is 26.7 Å². The summed E-state index contributed by atoms with van der Waals surface area (Å²) in [5.74, 6) is 0.716. The van der Waals surface area contributed by atoms with Crippen molar-refractivity contribution in [1.29, 1.82) is 0 Å². The molecule has 0 unspecified atom stereocenters. The van der Waals surface area contributed by atoms with E-state index in [1.54, 1.807) is 42.5 Å². The quantitative estimate of drug-likeness (QED) is 0.512. The fourth-order valence-corrected chi connectivity index (χ4v) is 5.37. The zero-order chi connectivity index (χ0) is 22.7. The van der Waals surface area contributed by atoms with Gasteiger partial charge in [-0.15, -0.1) is 0 Å². The number of hydrogen-bond donors (Lipinski definition) is 1. The van der Waals surface area contributed by atoms with Gasteiger partial charge in [-0.25, -0.2) is 8.42 Å². The van der Waals surface area contributed by atoms with E-state index in [9.17, 15) is 13.2 Å². The van der Waals surface area contributed by atoms with Gasteiger partial charge in [0.25, 0.3) is 10.0 Å². The van der Waals surface area contributed by atoms with Crippen molar-refractivity contribution < 1.29 is 22.7 Å². The number of carbonyl (C=O) groups excluding carboxylic acids is 1. The van der Waals surface area contributed by atoms with Crippen LogP contribution in [0.15, 0.2) is 59.5 Å². The fourth-order valence-electron chi connectivity index (χ4n) is 3.70. The van der Waals surface area contributed by atoms with Gasteiger partial charge in [0.1, 0.15) is 6.54 Å². The summed E-state index contributed by atoms with van der Waals surface area (Å²) in [6.45, 7) is 4.79. The Bertz CT molecular complexity index is 1250. The highest BCUT2D eigenvalue weighted by molar-refractivity contribution is 7.93. The Hall–Kier alpha value is -3.26. The number of hydrogen-bond acceptors (Lipinski definition) is 5. The first-order valence-electron chi connectivity index (χ1n) is 10.7. The van der Waals surface area contributed by atoms with Gasteiger partial charge in [0, 0.05) is 17.1 Å². The molecule has 0 fully saturated rings. The second-order valence-corrected chi connectivity index (χ2v) is 9.38. The molecule has 0 aromatic heterocycles. The van der Waals surface area contributed by atoms with Crippen molar-refractivity contribution in [2.24, 2.45) is 0 Å². The van der Waals surface area contributed by atoms with E-state index in [1.165, 1.54) is 0 Å². The molecule has 168 valence electrons. The second-order valence-electron chi connectivity index (χ2n) is 7.55. The van der Waals surface area contributed by atoms with E-state index in [4.69, 9.17) is 9.47 Å². The topological polar surface area (TPSA) is 84.9 Å². The third kappa shape index (κ3) is 4.10. The largest absolute Gasteiger partial charge is 0.490 e. The molecule has 0 radical (unpaired) electrons. The summed E-state index contributed by atoms with van der Waals surface area (Å²) < 4.78 is 38.8. The van der Waals surface area contributed by atoms with Gasteiger partial charge in [-0.3, -0.25) is 9.10 Å². The minimum atomic E-state index is -3.80. The Kier molecular flexibility index (Phi) is 6.23. The molecule has 1 amide bonds. The van der Waals surface area contributed by atoms with Crippen molar-refractivity contribution in [2.45, 2.75) is 31.6 Å². The molecule has 1 heterocycles. The summed E-state index contributed by atoms with van der Waals surface area (Å²) in [5, 5.41) is 4.26. The van der Waals surface area contributed by atoms with Crippen LogP contribution >= 0.6 is 0 Å².